The third kappa shape index (κ3) is 4.14. The lowest BCUT2D eigenvalue weighted by atomic mass is 9.88. The number of likely N-dealkylation sites (tertiary alicyclic amines) is 1. The summed E-state index contributed by atoms with van der Waals surface area (Å²) in [5.74, 6) is -0.155. The van der Waals surface area contributed by atoms with E-state index in [1.807, 2.05) is 24.3 Å². The Morgan fingerprint density at radius 1 is 1.07 bits per heavy atom. The fourth-order valence-corrected chi connectivity index (χ4v) is 4.28. The van der Waals surface area contributed by atoms with Gasteiger partial charge < -0.3 is 10.2 Å². The van der Waals surface area contributed by atoms with E-state index in [4.69, 9.17) is 0 Å². The van der Waals surface area contributed by atoms with Crippen LogP contribution in [0.3, 0.4) is 0 Å². The molecular weight excluding hydrogens is 355 g/mol. The van der Waals surface area contributed by atoms with Gasteiger partial charge in [0.05, 0.1) is 0 Å². The Kier molecular flexibility index (Phi) is 5.53. The minimum absolute atomic E-state index is 0.0166. The highest BCUT2D eigenvalue weighted by Gasteiger charge is 2.27. The van der Waals surface area contributed by atoms with Gasteiger partial charge in [0.2, 0.25) is 0 Å². The highest BCUT2D eigenvalue weighted by molar-refractivity contribution is 5.98. The molecule has 0 saturated carbocycles. The van der Waals surface area contributed by atoms with Gasteiger partial charge in [0.25, 0.3) is 5.91 Å². The number of halogens is 1. The van der Waals surface area contributed by atoms with Crippen LogP contribution in [-0.4, -0.2) is 42.3 Å². The van der Waals surface area contributed by atoms with E-state index in [1.165, 1.54) is 12.1 Å². The van der Waals surface area contributed by atoms with Gasteiger partial charge in [0.1, 0.15) is 5.82 Å². The summed E-state index contributed by atoms with van der Waals surface area (Å²) >= 11 is 0. The van der Waals surface area contributed by atoms with Crippen molar-refractivity contribution in [2.75, 3.05) is 19.6 Å². The molecule has 2 heterocycles. The Bertz CT molecular complexity index is 857. The molecule has 0 aliphatic carbocycles. The Morgan fingerprint density at radius 2 is 1.79 bits per heavy atom. The summed E-state index contributed by atoms with van der Waals surface area (Å²) in [6.45, 7) is 2.69. The van der Waals surface area contributed by atoms with E-state index in [0.29, 0.717) is 5.56 Å². The molecular formula is C23H25FN2O2. The molecule has 2 aromatic rings. The van der Waals surface area contributed by atoms with E-state index in [9.17, 15) is 14.0 Å². The first kappa shape index (κ1) is 18.8. The van der Waals surface area contributed by atoms with Crippen LogP contribution >= 0.6 is 0 Å². The van der Waals surface area contributed by atoms with Crippen LogP contribution in [0.25, 0.3) is 0 Å². The number of ketones is 1. The minimum atomic E-state index is -0.316. The van der Waals surface area contributed by atoms with Gasteiger partial charge in [-0.2, -0.15) is 0 Å². The molecule has 1 saturated heterocycles. The summed E-state index contributed by atoms with van der Waals surface area (Å²) in [6, 6.07) is 13.8. The molecule has 146 valence electrons. The fraction of sp³-hybridized carbons (Fsp3) is 0.391. The molecule has 0 bridgehead atoms. The predicted molar refractivity (Wildman–Crippen MR) is 106 cm³/mol. The topological polar surface area (TPSA) is 49.4 Å². The van der Waals surface area contributed by atoms with Crippen molar-refractivity contribution < 1.29 is 14.0 Å². The van der Waals surface area contributed by atoms with Gasteiger partial charge in [-0.05, 0) is 74.7 Å². The van der Waals surface area contributed by atoms with Gasteiger partial charge in [-0.15, -0.1) is 0 Å². The maximum atomic E-state index is 13.0. The lowest BCUT2D eigenvalue weighted by Crippen LogP contribution is -2.44. The van der Waals surface area contributed by atoms with Crippen molar-refractivity contribution >= 4 is 11.7 Å². The van der Waals surface area contributed by atoms with E-state index in [2.05, 4.69) is 10.2 Å². The second-order valence-electron chi connectivity index (χ2n) is 7.81. The first-order chi connectivity index (χ1) is 13.6. The number of benzene rings is 2. The number of piperidine rings is 1. The Labute approximate surface area is 164 Å². The van der Waals surface area contributed by atoms with Crippen LogP contribution in [0.5, 0.6) is 0 Å². The van der Waals surface area contributed by atoms with Crippen molar-refractivity contribution in [3.05, 3.63) is 71.0 Å². The number of rotatable bonds is 5. The molecule has 4 nitrogen and oxygen atoms in total. The van der Waals surface area contributed by atoms with Crippen LogP contribution in [0.2, 0.25) is 0 Å². The summed E-state index contributed by atoms with van der Waals surface area (Å²) in [5, 5.41) is 3.11. The molecule has 4 rings (SSSR count). The zero-order valence-electron chi connectivity index (χ0n) is 15.9. The molecule has 0 spiro atoms. The van der Waals surface area contributed by atoms with E-state index < -0.39 is 0 Å². The van der Waals surface area contributed by atoms with Crippen molar-refractivity contribution in [3.63, 3.8) is 0 Å². The second-order valence-corrected chi connectivity index (χ2v) is 7.81. The number of Topliss-reactive ketones (excluding diaryl/α,β-unsaturated/α-hetero) is 1. The quantitative estimate of drug-likeness (QED) is 0.808. The van der Waals surface area contributed by atoms with E-state index in [0.717, 1.165) is 56.4 Å². The second kappa shape index (κ2) is 8.23. The first-order valence-corrected chi connectivity index (χ1v) is 10.0. The number of fused-ring (bicyclic) bond motifs is 1. The lowest BCUT2D eigenvalue weighted by molar-refractivity contribution is 0.0827. The highest BCUT2D eigenvalue weighted by atomic mass is 19.1. The van der Waals surface area contributed by atoms with Crippen LogP contribution in [0.4, 0.5) is 4.39 Å². The molecule has 2 aliphatic heterocycles. The largest absolute Gasteiger partial charge is 0.349 e. The highest BCUT2D eigenvalue weighted by Crippen LogP contribution is 2.23. The number of carbonyl (C=O) groups is 2. The van der Waals surface area contributed by atoms with Crippen LogP contribution in [0.15, 0.2) is 48.5 Å². The monoisotopic (exact) mass is 380 g/mol. The molecule has 28 heavy (non-hydrogen) atoms. The van der Waals surface area contributed by atoms with Gasteiger partial charge >= 0.3 is 0 Å². The van der Waals surface area contributed by atoms with Crippen molar-refractivity contribution in [1.82, 2.24) is 10.2 Å². The maximum absolute atomic E-state index is 13.0. The summed E-state index contributed by atoms with van der Waals surface area (Å²) in [7, 11) is 0. The van der Waals surface area contributed by atoms with Gasteiger partial charge in [-0.1, -0.05) is 18.2 Å². The van der Waals surface area contributed by atoms with Crippen LogP contribution in [-0.2, 0) is 6.42 Å². The fourth-order valence-electron chi connectivity index (χ4n) is 4.28. The number of hydrogen-bond donors (Lipinski definition) is 1. The minimum Gasteiger partial charge on any atom is -0.349 e. The van der Waals surface area contributed by atoms with E-state index in [-0.39, 0.29) is 29.5 Å². The third-order valence-corrected chi connectivity index (χ3v) is 5.94. The van der Waals surface area contributed by atoms with Crippen LogP contribution in [0.1, 0.15) is 45.5 Å². The SMILES string of the molecule is O=C1NC(CCN2CCC(C(=O)c3ccc(F)cc3)CC2)Cc2ccccc21. The smallest absolute Gasteiger partial charge is 0.251 e. The van der Waals surface area contributed by atoms with Crippen LogP contribution < -0.4 is 5.32 Å². The molecule has 1 N–H and O–H groups in total. The predicted octanol–water partition coefficient (Wildman–Crippen LogP) is 3.47. The number of hydrogen-bond acceptors (Lipinski definition) is 3. The van der Waals surface area contributed by atoms with Crippen molar-refractivity contribution in [3.8, 4) is 0 Å². The number of amides is 1. The summed E-state index contributed by atoms with van der Waals surface area (Å²) in [4.78, 5) is 27.2. The number of nitrogens with zero attached hydrogens (tertiary/aromatic N) is 1. The Hall–Kier alpha value is -2.53. The van der Waals surface area contributed by atoms with Crippen molar-refractivity contribution in [1.29, 1.82) is 0 Å². The maximum Gasteiger partial charge on any atom is 0.251 e. The van der Waals surface area contributed by atoms with Gasteiger partial charge in [-0.3, -0.25) is 9.59 Å². The first-order valence-electron chi connectivity index (χ1n) is 10.0. The molecule has 1 fully saturated rings. The van der Waals surface area contributed by atoms with Crippen molar-refractivity contribution in [2.24, 2.45) is 5.92 Å². The average molecular weight is 380 g/mol. The normalized spacial score (nSPS) is 20.5. The van der Waals surface area contributed by atoms with Gasteiger partial charge in [-0.25, -0.2) is 4.39 Å². The van der Waals surface area contributed by atoms with Gasteiger partial charge in [0, 0.05) is 29.6 Å². The summed E-state index contributed by atoms with van der Waals surface area (Å²) in [5.41, 5.74) is 2.52. The van der Waals surface area contributed by atoms with Gasteiger partial charge in [0.15, 0.2) is 5.78 Å². The van der Waals surface area contributed by atoms with E-state index in [1.54, 1.807) is 12.1 Å². The molecule has 2 aliphatic rings. The zero-order valence-corrected chi connectivity index (χ0v) is 15.9. The summed E-state index contributed by atoms with van der Waals surface area (Å²) < 4.78 is 13.0. The zero-order chi connectivity index (χ0) is 19.5. The average Bonchev–Trinajstić information content (AvgIpc) is 2.73. The molecule has 1 unspecified atom stereocenters. The molecule has 1 amide bonds. The molecule has 5 heteroatoms. The lowest BCUT2D eigenvalue weighted by Gasteiger charge is -2.33. The Morgan fingerprint density at radius 3 is 2.54 bits per heavy atom. The third-order valence-electron chi connectivity index (χ3n) is 5.94. The number of carbonyl (C=O) groups excluding carboxylic acids is 2. The standard InChI is InChI=1S/C23H25FN2O2/c24-19-7-5-16(6-8-19)22(27)17-9-12-26(13-10-17)14-11-20-15-18-3-1-2-4-21(18)23(28)25-20/h1-8,17,20H,9-15H2,(H,25,28). The summed E-state index contributed by atoms with van der Waals surface area (Å²) in [6.07, 6.45) is 3.45. The molecule has 0 aromatic heterocycles. The molecule has 0 radical (unpaired) electrons. The van der Waals surface area contributed by atoms with E-state index >= 15 is 0 Å². The number of nitrogens with one attached hydrogen (secondary N) is 1. The van der Waals surface area contributed by atoms with Crippen molar-refractivity contribution in [2.45, 2.75) is 31.7 Å². The Balaban J connectivity index is 1.26. The molecule has 1 atom stereocenters. The van der Waals surface area contributed by atoms with Crippen LogP contribution in [0, 0.1) is 11.7 Å². The molecule has 2 aromatic carbocycles.